The molecule has 0 saturated carbocycles. The van der Waals surface area contributed by atoms with E-state index in [9.17, 15) is 13.2 Å². The number of aromatic nitrogens is 2. The summed E-state index contributed by atoms with van der Waals surface area (Å²) >= 11 is 1.46. The molecule has 9 heteroatoms. The van der Waals surface area contributed by atoms with E-state index in [-0.39, 0.29) is 17.3 Å². The number of hydrogen-bond donors (Lipinski definition) is 1. The maximum atomic E-state index is 13.0. The predicted molar refractivity (Wildman–Crippen MR) is 117 cm³/mol. The normalized spacial score (nSPS) is 14.5. The molecule has 4 rings (SSSR count). The number of likely N-dealkylation sites (tertiary alicyclic amines) is 1. The molecule has 3 heterocycles. The van der Waals surface area contributed by atoms with Crippen LogP contribution in [0.15, 0.2) is 58.9 Å². The van der Waals surface area contributed by atoms with Gasteiger partial charge in [-0.25, -0.2) is 13.1 Å². The Hall–Kier alpha value is -2.49. The Morgan fingerprint density at radius 3 is 2.67 bits per heavy atom. The lowest BCUT2D eigenvalue weighted by Crippen LogP contribution is -2.30. The van der Waals surface area contributed by atoms with Crippen molar-refractivity contribution in [1.29, 1.82) is 0 Å². The molecule has 1 N–H and O–H groups in total. The van der Waals surface area contributed by atoms with Gasteiger partial charge in [0.05, 0.1) is 11.4 Å². The van der Waals surface area contributed by atoms with E-state index in [1.807, 2.05) is 47.8 Å². The fraction of sp³-hybridized carbons (Fsp3) is 0.333. The van der Waals surface area contributed by atoms with Gasteiger partial charge in [-0.1, -0.05) is 36.4 Å². The second kappa shape index (κ2) is 9.11. The Bertz CT molecular complexity index is 1090. The first-order valence-electron chi connectivity index (χ1n) is 9.95. The van der Waals surface area contributed by atoms with Crippen molar-refractivity contribution in [2.45, 2.75) is 30.7 Å². The first kappa shape index (κ1) is 20.8. The highest BCUT2D eigenvalue weighted by Gasteiger charge is 2.25. The van der Waals surface area contributed by atoms with Gasteiger partial charge in [-0.15, -0.1) is 11.3 Å². The third kappa shape index (κ3) is 4.80. The summed E-state index contributed by atoms with van der Waals surface area (Å²) in [5.74, 6) is 0.153. The molecule has 158 valence electrons. The van der Waals surface area contributed by atoms with Crippen LogP contribution < -0.4 is 4.72 Å². The zero-order valence-electron chi connectivity index (χ0n) is 16.5. The van der Waals surface area contributed by atoms with Gasteiger partial charge in [0.15, 0.2) is 0 Å². The Balaban J connectivity index is 1.49. The molecule has 0 bridgehead atoms. The molecule has 1 aromatic carbocycles. The van der Waals surface area contributed by atoms with Crippen LogP contribution >= 0.6 is 11.3 Å². The molecule has 1 aliphatic rings. The molecular weight excluding hydrogens is 420 g/mol. The Labute approximate surface area is 180 Å². The van der Waals surface area contributed by atoms with E-state index in [1.165, 1.54) is 11.3 Å². The molecule has 0 aliphatic carbocycles. The van der Waals surface area contributed by atoms with Crippen LogP contribution in [0.25, 0.3) is 10.6 Å². The lowest BCUT2D eigenvalue weighted by atomic mass is 10.2. The molecular formula is C21H24N4O3S2. The van der Waals surface area contributed by atoms with Gasteiger partial charge < -0.3 is 4.90 Å². The van der Waals surface area contributed by atoms with Gasteiger partial charge >= 0.3 is 0 Å². The smallest absolute Gasteiger partial charge is 0.244 e. The second-order valence-corrected chi connectivity index (χ2v) is 9.92. The molecule has 7 nitrogen and oxygen atoms in total. The van der Waals surface area contributed by atoms with Crippen molar-refractivity contribution in [1.82, 2.24) is 19.4 Å². The number of carbonyl (C=O) groups is 1. The largest absolute Gasteiger partial charge is 0.343 e. The highest BCUT2D eigenvalue weighted by Crippen LogP contribution is 2.29. The Kier molecular flexibility index (Phi) is 6.31. The predicted octanol–water partition coefficient (Wildman–Crippen LogP) is 2.95. The van der Waals surface area contributed by atoms with Crippen molar-refractivity contribution in [2.24, 2.45) is 0 Å². The maximum Gasteiger partial charge on any atom is 0.244 e. The third-order valence-corrected chi connectivity index (χ3v) is 7.37. The van der Waals surface area contributed by atoms with Gasteiger partial charge in [-0.2, -0.15) is 5.10 Å². The summed E-state index contributed by atoms with van der Waals surface area (Å²) in [4.78, 5) is 14.5. The van der Waals surface area contributed by atoms with Crippen LogP contribution in [0.2, 0.25) is 0 Å². The lowest BCUT2D eigenvalue weighted by molar-refractivity contribution is -0.127. The molecule has 0 unspecified atom stereocenters. The zero-order valence-corrected chi connectivity index (χ0v) is 18.2. The number of thiophene rings is 1. The number of carbonyl (C=O) groups excluding carboxylic acids is 1. The fourth-order valence-corrected chi connectivity index (χ4v) is 5.55. The van der Waals surface area contributed by atoms with Gasteiger partial charge in [0.2, 0.25) is 15.9 Å². The summed E-state index contributed by atoms with van der Waals surface area (Å²) in [6, 6.07) is 13.6. The van der Waals surface area contributed by atoms with E-state index in [4.69, 9.17) is 0 Å². The number of benzene rings is 1. The quantitative estimate of drug-likeness (QED) is 0.514. The number of nitrogens with one attached hydrogen (secondary N) is 1. The first-order valence-corrected chi connectivity index (χ1v) is 12.3. The molecule has 2 aromatic heterocycles. The minimum Gasteiger partial charge on any atom is -0.343 e. The van der Waals surface area contributed by atoms with Crippen molar-refractivity contribution in [2.75, 3.05) is 19.6 Å². The Morgan fingerprint density at radius 1 is 1.13 bits per heavy atom. The van der Waals surface area contributed by atoms with Crippen LogP contribution in [0.4, 0.5) is 0 Å². The summed E-state index contributed by atoms with van der Waals surface area (Å²) in [5, 5.41) is 6.48. The van der Waals surface area contributed by atoms with Crippen LogP contribution in [0.3, 0.4) is 0 Å². The third-order valence-electron chi connectivity index (χ3n) is 5.03. The van der Waals surface area contributed by atoms with E-state index in [1.54, 1.807) is 15.8 Å². The van der Waals surface area contributed by atoms with E-state index in [0.29, 0.717) is 31.6 Å². The highest BCUT2D eigenvalue weighted by molar-refractivity contribution is 7.89. The number of rotatable bonds is 9. The van der Waals surface area contributed by atoms with Gasteiger partial charge in [0.1, 0.15) is 10.6 Å². The van der Waals surface area contributed by atoms with Crippen molar-refractivity contribution >= 4 is 27.3 Å². The second-order valence-electron chi connectivity index (χ2n) is 7.24. The summed E-state index contributed by atoms with van der Waals surface area (Å²) in [6.45, 7) is 2.11. The van der Waals surface area contributed by atoms with Gasteiger partial charge in [-0.3, -0.25) is 9.48 Å². The van der Waals surface area contributed by atoms with Gasteiger partial charge in [0.25, 0.3) is 0 Å². The summed E-state index contributed by atoms with van der Waals surface area (Å²) < 4.78 is 30.4. The SMILES string of the molecule is O=C1CCCN1CCCNS(=O)(=O)c1cn(Cc2ccccc2)nc1-c1cccs1. The number of amides is 1. The number of nitrogens with zero attached hydrogens (tertiary/aromatic N) is 3. The molecule has 3 aromatic rings. The summed E-state index contributed by atoms with van der Waals surface area (Å²) in [5.41, 5.74) is 1.51. The van der Waals surface area contributed by atoms with Crippen molar-refractivity contribution in [3.8, 4) is 10.6 Å². The molecule has 0 radical (unpaired) electrons. The van der Waals surface area contributed by atoms with Crippen molar-refractivity contribution < 1.29 is 13.2 Å². The molecule has 30 heavy (non-hydrogen) atoms. The minimum absolute atomic E-state index is 0.153. The standard InChI is InChI=1S/C21H24N4O3S2/c26-20-10-4-12-24(20)13-6-11-22-30(27,28)19-16-25(15-17-7-2-1-3-8-17)23-21(19)18-9-5-14-29-18/h1-3,5,7-9,14,16,22H,4,6,10-13,15H2. The lowest BCUT2D eigenvalue weighted by Gasteiger charge is -2.15. The molecule has 0 spiro atoms. The van der Waals surface area contributed by atoms with Crippen LogP contribution in [-0.4, -0.2) is 48.6 Å². The molecule has 1 aliphatic heterocycles. The minimum atomic E-state index is -3.73. The number of hydrogen-bond acceptors (Lipinski definition) is 5. The van der Waals surface area contributed by atoms with Crippen LogP contribution in [0.1, 0.15) is 24.8 Å². The van der Waals surface area contributed by atoms with Crippen LogP contribution in [-0.2, 0) is 21.4 Å². The fourth-order valence-electron chi connectivity index (χ4n) is 3.53. The molecule has 1 fully saturated rings. The molecule has 1 amide bonds. The summed E-state index contributed by atoms with van der Waals surface area (Å²) in [6.07, 6.45) is 3.65. The van der Waals surface area contributed by atoms with E-state index in [2.05, 4.69) is 9.82 Å². The first-order chi connectivity index (χ1) is 14.5. The monoisotopic (exact) mass is 444 g/mol. The van der Waals surface area contributed by atoms with E-state index < -0.39 is 10.0 Å². The Morgan fingerprint density at radius 2 is 1.97 bits per heavy atom. The zero-order chi connectivity index (χ0) is 21.0. The average Bonchev–Trinajstić information content (AvgIpc) is 3.47. The average molecular weight is 445 g/mol. The van der Waals surface area contributed by atoms with Gasteiger partial charge in [0, 0.05) is 32.3 Å². The van der Waals surface area contributed by atoms with E-state index >= 15 is 0 Å². The molecule has 0 atom stereocenters. The topological polar surface area (TPSA) is 84.3 Å². The van der Waals surface area contributed by atoms with Crippen molar-refractivity contribution in [3.63, 3.8) is 0 Å². The number of sulfonamides is 1. The van der Waals surface area contributed by atoms with Crippen LogP contribution in [0, 0.1) is 0 Å². The van der Waals surface area contributed by atoms with Crippen molar-refractivity contribution in [3.05, 3.63) is 59.6 Å². The van der Waals surface area contributed by atoms with Gasteiger partial charge in [-0.05, 0) is 29.9 Å². The highest BCUT2D eigenvalue weighted by atomic mass is 32.2. The maximum absolute atomic E-state index is 13.0. The van der Waals surface area contributed by atoms with E-state index in [0.717, 1.165) is 23.4 Å². The summed E-state index contributed by atoms with van der Waals surface area (Å²) in [7, 11) is -3.73. The molecule has 1 saturated heterocycles. The van der Waals surface area contributed by atoms with Crippen LogP contribution in [0.5, 0.6) is 0 Å².